The molecule has 0 radical (unpaired) electrons. The standard InChI is InChI=1S/C44H53N6O5P/c1-44(2,3)32-25-38(41(54-6)40(26-32)56(7,8)53)48-43(52)47-37-13-14-39(36-12-10-9-11-35(36)37)55-34-15-16-46-33(27-34)24-29-21-30(23-31(22-29)42(51)45-4)28-50-19-17-49(5)18-20-50/h9-16,21-23,25-27H,17-20,24,28H2,1-8H3,(H,45,51)(H2,47,48,52). The summed E-state index contributed by atoms with van der Waals surface area (Å²) in [6.07, 6.45) is 2.25. The van der Waals surface area contributed by atoms with Gasteiger partial charge in [-0.3, -0.25) is 14.7 Å². The fraction of sp³-hybridized carbons (Fsp3) is 0.341. The van der Waals surface area contributed by atoms with Crippen molar-refractivity contribution < 1.29 is 23.6 Å². The summed E-state index contributed by atoms with van der Waals surface area (Å²) in [5, 5.41) is 10.9. The number of likely N-dealkylation sites (N-methyl/N-ethyl adjacent to an activating group) is 1. The first-order valence-electron chi connectivity index (χ1n) is 18.9. The number of carbonyl (C=O) groups excluding carboxylic acids is 2. The number of anilines is 2. The fourth-order valence-electron chi connectivity index (χ4n) is 6.95. The Hall–Kier alpha value is -5.22. The molecule has 3 N–H and O–H groups in total. The molecule has 0 bridgehead atoms. The van der Waals surface area contributed by atoms with Crippen molar-refractivity contribution in [1.29, 1.82) is 0 Å². The number of amides is 3. The van der Waals surface area contributed by atoms with E-state index in [0.717, 1.165) is 65.9 Å². The number of urea groups is 1. The topological polar surface area (TPSA) is 125 Å². The lowest BCUT2D eigenvalue weighted by molar-refractivity contribution is 0.0962. The first-order chi connectivity index (χ1) is 26.6. The minimum Gasteiger partial charge on any atom is -0.494 e. The van der Waals surface area contributed by atoms with Gasteiger partial charge in [-0.05, 0) is 84.9 Å². The largest absolute Gasteiger partial charge is 0.494 e. The molecule has 1 aromatic heterocycles. The lowest BCUT2D eigenvalue weighted by Crippen LogP contribution is -2.43. The number of nitrogens with zero attached hydrogens (tertiary/aromatic N) is 3. The molecular weight excluding hydrogens is 723 g/mol. The van der Waals surface area contributed by atoms with Gasteiger partial charge in [0.05, 0.1) is 23.8 Å². The van der Waals surface area contributed by atoms with Crippen LogP contribution < -0.4 is 30.7 Å². The number of ether oxygens (including phenoxy) is 2. The summed E-state index contributed by atoms with van der Waals surface area (Å²) in [6, 6.07) is 24.5. The maximum Gasteiger partial charge on any atom is 0.323 e. The van der Waals surface area contributed by atoms with Crippen molar-refractivity contribution in [3.05, 3.63) is 113 Å². The Morgan fingerprint density at radius 1 is 0.857 bits per heavy atom. The van der Waals surface area contributed by atoms with E-state index >= 15 is 0 Å². The van der Waals surface area contributed by atoms with Crippen LogP contribution in [0.25, 0.3) is 10.8 Å². The molecule has 0 spiro atoms. The highest BCUT2D eigenvalue weighted by molar-refractivity contribution is 7.70. The smallest absolute Gasteiger partial charge is 0.323 e. The molecule has 2 heterocycles. The Morgan fingerprint density at radius 3 is 2.23 bits per heavy atom. The summed E-state index contributed by atoms with van der Waals surface area (Å²) in [6.45, 7) is 14.4. The molecule has 1 aliphatic heterocycles. The lowest BCUT2D eigenvalue weighted by Gasteiger charge is -2.32. The second kappa shape index (κ2) is 16.9. The summed E-state index contributed by atoms with van der Waals surface area (Å²) >= 11 is 0. The Kier molecular flexibility index (Phi) is 12.2. The van der Waals surface area contributed by atoms with Crippen LogP contribution >= 0.6 is 7.14 Å². The second-order valence-corrected chi connectivity index (χ2v) is 19.1. The molecular formula is C44H53N6O5P. The van der Waals surface area contributed by atoms with Gasteiger partial charge in [0.25, 0.3) is 5.91 Å². The molecule has 294 valence electrons. The number of aromatic nitrogens is 1. The number of nitrogens with one attached hydrogen (secondary N) is 3. The van der Waals surface area contributed by atoms with E-state index in [0.29, 0.717) is 45.9 Å². The summed E-state index contributed by atoms with van der Waals surface area (Å²) < 4.78 is 25.5. The zero-order chi connectivity index (χ0) is 40.2. The van der Waals surface area contributed by atoms with Crippen LogP contribution in [0.1, 0.15) is 53.5 Å². The molecule has 4 aromatic carbocycles. The Bertz CT molecular complexity index is 2290. The number of hydrogen-bond acceptors (Lipinski definition) is 8. The van der Waals surface area contributed by atoms with Gasteiger partial charge in [0.2, 0.25) is 0 Å². The molecule has 5 aromatic rings. The zero-order valence-corrected chi connectivity index (χ0v) is 34.6. The molecule has 11 nitrogen and oxygen atoms in total. The third-order valence-corrected chi connectivity index (χ3v) is 11.5. The van der Waals surface area contributed by atoms with E-state index in [1.165, 1.54) is 7.11 Å². The molecule has 6 rings (SSSR count). The molecule has 56 heavy (non-hydrogen) atoms. The van der Waals surface area contributed by atoms with Crippen LogP contribution in [-0.4, -0.2) is 87.4 Å². The van der Waals surface area contributed by atoms with Gasteiger partial charge in [-0.15, -0.1) is 0 Å². The van der Waals surface area contributed by atoms with Crippen LogP contribution in [0.5, 0.6) is 17.2 Å². The number of rotatable bonds is 11. The van der Waals surface area contributed by atoms with E-state index in [4.69, 9.17) is 9.47 Å². The SMILES string of the molecule is CNC(=O)c1cc(Cc2cc(Oc3ccc(NC(=O)Nc4cc(C(C)(C)C)cc(P(C)(C)=O)c4OC)c4ccccc34)ccn2)cc(CN2CCN(C)CC2)c1. The van der Waals surface area contributed by atoms with Crippen molar-refractivity contribution in [1.82, 2.24) is 20.1 Å². The van der Waals surface area contributed by atoms with Crippen molar-refractivity contribution in [3.63, 3.8) is 0 Å². The van der Waals surface area contributed by atoms with E-state index in [1.807, 2.05) is 72.8 Å². The van der Waals surface area contributed by atoms with Gasteiger partial charge in [-0.2, -0.15) is 0 Å². The summed E-state index contributed by atoms with van der Waals surface area (Å²) in [7, 11) is 2.57. The van der Waals surface area contributed by atoms with Gasteiger partial charge >= 0.3 is 6.03 Å². The first kappa shape index (κ1) is 40.4. The monoisotopic (exact) mass is 776 g/mol. The van der Waals surface area contributed by atoms with E-state index < -0.39 is 13.2 Å². The normalized spacial score (nSPS) is 14.0. The number of fused-ring (bicyclic) bond motifs is 1. The summed E-state index contributed by atoms with van der Waals surface area (Å²) in [5.41, 5.74) is 5.24. The van der Waals surface area contributed by atoms with E-state index in [2.05, 4.69) is 64.6 Å². The van der Waals surface area contributed by atoms with Gasteiger partial charge < -0.3 is 34.9 Å². The molecule has 0 saturated carbocycles. The highest BCUT2D eigenvalue weighted by atomic mass is 31.2. The first-order valence-corrected chi connectivity index (χ1v) is 21.5. The number of benzene rings is 4. The molecule has 0 unspecified atom stereocenters. The van der Waals surface area contributed by atoms with Crippen molar-refractivity contribution in [2.24, 2.45) is 0 Å². The van der Waals surface area contributed by atoms with Crippen LogP contribution in [-0.2, 0) is 22.9 Å². The van der Waals surface area contributed by atoms with Crippen molar-refractivity contribution in [3.8, 4) is 17.2 Å². The predicted molar refractivity (Wildman–Crippen MR) is 227 cm³/mol. The van der Waals surface area contributed by atoms with Crippen LogP contribution in [0.15, 0.2) is 85.1 Å². The van der Waals surface area contributed by atoms with Crippen LogP contribution in [0.4, 0.5) is 16.2 Å². The molecule has 0 atom stereocenters. The second-order valence-electron chi connectivity index (χ2n) is 15.9. The number of piperazine rings is 1. The summed E-state index contributed by atoms with van der Waals surface area (Å²) in [5.74, 6) is 1.50. The van der Waals surface area contributed by atoms with E-state index in [9.17, 15) is 14.2 Å². The van der Waals surface area contributed by atoms with Gasteiger partial charge in [-0.25, -0.2) is 4.79 Å². The van der Waals surface area contributed by atoms with Crippen molar-refractivity contribution in [2.45, 2.75) is 39.2 Å². The minimum atomic E-state index is -2.74. The number of carbonyl (C=O) groups is 2. The van der Waals surface area contributed by atoms with Gasteiger partial charge in [-0.1, -0.05) is 51.1 Å². The zero-order valence-electron chi connectivity index (χ0n) is 33.7. The maximum atomic E-state index is 13.6. The minimum absolute atomic E-state index is 0.119. The third-order valence-electron chi connectivity index (χ3n) is 10.0. The summed E-state index contributed by atoms with van der Waals surface area (Å²) in [4.78, 5) is 35.7. The molecule has 3 amide bonds. The number of pyridine rings is 1. The van der Waals surface area contributed by atoms with E-state index in [1.54, 1.807) is 26.6 Å². The van der Waals surface area contributed by atoms with Crippen LogP contribution in [0.3, 0.4) is 0 Å². The third kappa shape index (κ3) is 9.77. The van der Waals surface area contributed by atoms with Gasteiger partial charge in [0.1, 0.15) is 18.6 Å². The molecule has 1 fully saturated rings. The van der Waals surface area contributed by atoms with Crippen LogP contribution in [0, 0.1) is 0 Å². The average Bonchev–Trinajstić information content (AvgIpc) is 3.15. The average molecular weight is 777 g/mol. The molecule has 0 aliphatic carbocycles. The van der Waals surface area contributed by atoms with Crippen molar-refractivity contribution in [2.75, 3.05) is 71.3 Å². The van der Waals surface area contributed by atoms with Crippen LogP contribution in [0.2, 0.25) is 0 Å². The molecule has 1 saturated heterocycles. The van der Waals surface area contributed by atoms with E-state index in [-0.39, 0.29) is 11.3 Å². The van der Waals surface area contributed by atoms with Crippen molar-refractivity contribution >= 4 is 46.5 Å². The Labute approximate surface area is 330 Å². The highest BCUT2D eigenvalue weighted by Gasteiger charge is 2.26. The molecule has 12 heteroatoms. The quantitative estimate of drug-likeness (QED) is 0.116. The van der Waals surface area contributed by atoms with Gasteiger partial charge in [0, 0.05) is 80.5 Å². The Morgan fingerprint density at radius 2 is 1.55 bits per heavy atom. The van der Waals surface area contributed by atoms with Gasteiger partial charge in [0.15, 0.2) is 5.75 Å². The Balaban J connectivity index is 1.22. The lowest BCUT2D eigenvalue weighted by atomic mass is 9.86. The molecule has 1 aliphatic rings. The maximum absolute atomic E-state index is 13.6. The number of methoxy groups -OCH3 is 1. The highest BCUT2D eigenvalue weighted by Crippen LogP contribution is 2.43. The predicted octanol–water partition coefficient (Wildman–Crippen LogP) is 7.92. The number of hydrogen-bond donors (Lipinski definition) is 3. The fourth-order valence-corrected chi connectivity index (χ4v) is 8.10.